The molecule has 0 saturated heterocycles. The van der Waals surface area contributed by atoms with Gasteiger partial charge in [0.1, 0.15) is 0 Å². The summed E-state index contributed by atoms with van der Waals surface area (Å²) in [7, 11) is 3.95. The molecule has 3 rings (SSSR count). The van der Waals surface area contributed by atoms with Crippen molar-refractivity contribution in [3.05, 3.63) is 70.1 Å². The predicted octanol–water partition coefficient (Wildman–Crippen LogP) is 3.42. The minimum atomic E-state index is -0.448. The number of carbonyl (C=O) groups excluding carboxylic acids is 1. The summed E-state index contributed by atoms with van der Waals surface area (Å²) in [5.41, 5.74) is 4.50. The lowest BCUT2D eigenvalue weighted by Gasteiger charge is -2.11. The maximum atomic E-state index is 12.8. The molecule has 0 atom stereocenters. The Morgan fingerprint density at radius 3 is 2.47 bits per heavy atom. The number of nitrogens with one attached hydrogen (secondary N) is 1. The molecule has 7 nitrogen and oxygen atoms in total. The largest absolute Gasteiger partial charge is 0.378 e. The average Bonchev–Trinajstić information content (AvgIpc) is 2.76. The topological polar surface area (TPSA) is 79.6 Å². The van der Waals surface area contributed by atoms with Crippen LogP contribution in [0.25, 0.3) is 10.8 Å². The van der Waals surface area contributed by atoms with Crippen molar-refractivity contribution in [2.24, 2.45) is 5.10 Å². The van der Waals surface area contributed by atoms with E-state index in [2.05, 4.69) is 22.5 Å². The van der Waals surface area contributed by atoms with Crippen molar-refractivity contribution in [1.29, 1.82) is 0 Å². The van der Waals surface area contributed by atoms with Crippen LogP contribution in [0.1, 0.15) is 42.2 Å². The summed E-state index contributed by atoms with van der Waals surface area (Å²) in [5, 5.41) is 9.41. The fraction of sp³-hybridized carbons (Fsp3) is 0.304. The molecule has 7 heteroatoms. The summed E-state index contributed by atoms with van der Waals surface area (Å²) in [6, 6.07) is 14.8. The predicted molar refractivity (Wildman–Crippen MR) is 121 cm³/mol. The van der Waals surface area contributed by atoms with Crippen molar-refractivity contribution in [2.75, 3.05) is 19.0 Å². The molecule has 0 radical (unpaired) electrons. The summed E-state index contributed by atoms with van der Waals surface area (Å²) in [6.07, 6.45) is 4.46. The summed E-state index contributed by atoms with van der Waals surface area (Å²) < 4.78 is 1.39. The maximum absolute atomic E-state index is 12.8. The molecule has 0 spiro atoms. The van der Waals surface area contributed by atoms with Crippen LogP contribution in [0, 0.1) is 0 Å². The molecule has 2 aromatic carbocycles. The van der Waals surface area contributed by atoms with Gasteiger partial charge in [-0.05, 0) is 30.2 Å². The van der Waals surface area contributed by atoms with Crippen molar-refractivity contribution in [2.45, 2.75) is 32.7 Å². The lowest BCUT2D eigenvalue weighted by Crippen LogP contribution is -2.29. The van der Waals surface area contributed by atoms with Gasteiger partial charge in [-0.3, -0.25) is 9.59 Å². The number of aromatic nitrogens is 2. The van der Waals surface area contributed by atoms with Gasteiger partial charge in [0.25, 0.3) is 11.5 Å². The van der Waals surface area contributed by atoms with Crippen molar-refractivity contribution in [3.63, 3.8) is 0 Å². The van der Waals surface area contributed by atoms with Gasteiger partial charge in [0, 0.05) is 31.7 Å². The normalized spacial score (nSPS) is 11.2. The Morgan fingerprint density at radius 1 is 1.10 bits per heavy atom. The molecule has 0 aliphatic heterocycles. The monoisotopic (exact) mass is 405 g/mol. The molecule has 0 aliphatic rings. The molecule has 0 bridgehead atoms. The number of anilines is 1. The summed E-state index contributed by atoms with van der Waals surface area (Å²) in [6.45, 7) is 2.58. The van der Waals surface area contributed by atoms with E-state index >= 15 is 0 Å². The number of benzene rings is 2. The fourth-order valence-electron chi connectivity index (χ4n) is 3.14. The van der Waals surface area contributed by atoms with Crippen LogP contribution in [0.15, 0.2) is 58.4 Å². The minimum absolute atomic E-state index is 0.178. The Morgan fingerprint density at radius 2 is 1.80 bits per heavy atom. The highest BCUT2D eigenvalue weighted by Crippen LogP contribution is 2.14. The number of unbranched alkanes of at least 4 members (excludes halogenated alkanes) is 2. The molecule has 0 saturated carbocycles. The van der Waals surface area contributed by atoms with Gasteiger partial charge < -0.3 is 4.90 Å². The average molecular weight is 406 g/mol. The van der Waals surface area contributed by atoms with Crippen LogP contribution in [0.2, 0.25) is 0 Å². The molecular formula is C23H27N5O2. The number of amides is 1. The number of hydrazone groups is 1. The zero-order chi connectivity index (χ0) is 21.5. The van der Waals surface area contributed by atoms with Crippen LogP contribution >= 0.6 is 0 Å². The standard InChI is InChI=1S/C23H27N5O2/c1-4-5-8-15-28-23(30)20-10-7-6-9-19(20)21(26-28)22(29)25-24-16-17-11-13-18(14-12-17)27(2)3/h6-7,9-14,16H,4-5,8,15H2,1-3H3,(H,25,29)/b24-16-. The smallest absolute Gasteiger partial charge is 0.292 e. The van der Waals surface area contributed by atoms with Crippen LogP contribution in [0.3, 0.4) is 0 Å². The number of nitrogens with zero attached hydrogens (tertiary/aromatic N) is 4. The zero-order valence-electron chi connectivity index (χ0n) is 17.6. The number of hydrogen-bond acceptors (Lipinski definition) is 5. The quantitative estimate of drug-likeness (QED) is 0.354. The Hall–Kier alpha value is -3.48. The Kier molecular flexibility index (Phi) is 6.95. The van der Waals surface area contributed by atoms with E-state index in [1.165, 1.54) is 4.68 Å². The number of aryl methyl sites for hydroxylation is 1. The SMILES string of the molecule is CCCCCn1nc(C(=O)N/N=C\c2ccc(N(C)C)cc2)c2ccccc2c1=O. The Labute approximate surface area is 176 Å². The summed E-state index contributed by atoms with van der Waals surface area (Å²) in [4.78, 5) is 27.5. The van der Waals surface area contributed by atoms with Gasteiger partial charge in [0.05, 0.1) is 11.6 Å². The third-order valence-electron chi connectivity index (χ3n) is 4.85. The van der Waals surface area contributed by atoms with Crippen LogP contribution in [0.4, 0.5) is 5.69 Å². The first-order valence-electron chi connectivity index (χ1n) is 10.1. The highest BCUT2D eigenvalue weighted by molar-refractivity contribution is 6.04. The summed E-state index contributed by atoms with van der Waals surface area (Å²) >= 11 is 0. The van der Waals surface area contributed by atoms with E-state index in [-0.39, 0.29) is 11.3 Å². The van der Waals surface area contributed by atoms with E-state index in [0.717, 1.165) is 30.5 Å². The Bertz CT molecular complexity index is 1100. The molecule has 30 heavy (non-hydrogen) atoms. The first-order valence-corrected chi connectivity index (χ1v) is 10.1. The second-order valence-corrected chi connectivity index (χ2v) is 7.31. The molecule has 3 aromatic rings. The van der Waals surface area contributed by atoms with Gasteiger partial charge in [0.2, 0.25) is 0 Å². The second-order valence-electron chi connectivity index (χ2n) is 7.31. The molecule has 0 aliphatic carbocycles. The van der Waals surface area contributed by atoms with E-state index < -0.39 is 5.91 Å². The molecule has 1 heterocycles. The highest BCUT2D eigenvalue weighted by Gasteiger charge is 2.16. The van der Waals surface area contributed by atoms with Crippen molar-refractivity contribution in [3.8, 4) is 0 Å². The van der Waals surface area contributed by atoms with Gasteiger partial charge in [-0.1, -0.05) is 50.1 Å². The Balaban J connectivity index is 1.83. The number of fused-ring (bicyclic) bond motifs is 1. The molecule has 1 N–H and O–H groups in total. The molecule has 0 fully saturated rings. The number of rotatable bonds is 8. The van der Waals surface area contributed by atoms with Crippen LogP contribution in [0.5, 0.6) is 0 Å². The van der Waals surface area contributed by atoms with Gasteiger partial charge in [-0.2, -0.15) is 10.2 Å². The fourth-order valence-corrected chi connectivity index (χ4v) is 3.14. The molecule has 156 valence electrons. The van der Waals surface area contributed by atoms with Crippen LogP contribution in [-0.4, -0.2) is 36.0 Å². The molecule has 1 amide bonds. The van der Waals surface area contributed by atoms with Gasteiger partial charge >= 0.3 is 0 Å². The number of carbonyl (C=O) groups is 1. The van der Waals surface area contributed by atoms with Crippen molar-refractivity contribution >= 4 is 28.6 Å². The van der Waals surface area contributed by atoms with Crippen LogP contribution < -0.4 is 15.9 Å². The third-order valence-corrected chi connectivity index (χ3v) is 4.85. The second kappa shape index (κ2) is 9.82. The van der Waals surface area contributed by atoms with Crippen LogP contribution in [-0.2, 0) is 6.54 Å². The van der Waals surface area contributed by atoms with E-state index in [1.54, 1.807) is 30.5 Å². The lowest BCUT2D eigenvalue weighted by molar-refractivity contribution is 0.0949. The van der Waals surface area contributed by atoms with Gasteiger partial charge in [-0.25, -0.2) is 10.1 Å². The van der Waals surface area contributed by atoms with E-state index in [9.17, 15) is 9.59 Å². The third kappa shape index (κ3) is 4.92. The maximum Gasteiger partial charge on any atom is 0.292 e. The zero-order valence-corrected chi connectivity index (χ0v) is 17.6. The van der Waals surface area contributed by atoms with Gasteiger partial charge in [0.15, 0.2) is 5.69 Å². The molecular weight excluding hydrogens is 378 g/mol. The minimum Gasteiger partial charge on any atom is -0.378 e. The van der Waals surface area contributed by atoms with E-state index in [1.807, 2.05) is 43.3 Å². The van der Waals surface area contributed by atoms with Gasteiger partial charge in [-0.15, -0.1) is 0 Å². The van der Waals surface area contributed by atoms with Crippen molar-refractivity contribution < 1.29 is 4.79 Å². The first-order chi connectivity index (χ1) is 14.5. The molecule has 0 unspecified atom stereocenters. The van der Waals surface area contributed by atoms with Crippen molar-refractivity contribution in [1.82, 2.24) is 15.2 Å². The summed E-state index contributed by atoms with van der Waals surface area (Å²) in [5.74, 6) is -0.448. The van der Waals surface area contributed by atoms with E-state index in [0.29, 0.717) is 17.3 Å². The molecule has 1 aromatic heterocycles. The number of hydrogen-bond donors (Lipinski definition) is 1. The first kappa shape index (κ1) is 21.2. The highest BCUT2D eigenvalue weighted by atomic mass is 16.2. The van der Waals surface area contributed by atoms with E-state index in [4.69, 9.17) is 0 Å². The lowest BCUT2D eigenvalue weighted by atomic mass is 10.1.